The Kier molecular flexibility index (Phi) is 2.43. The zero-order chi connectivity index (χ0) is 15.5. The second kappa shape index (κ2) is 4.13. The number of nitrogens with one attached hydrogen (secondary N) is 1. The third-order valence-corrected chi connectivity index (χ3v) is 4.07. The molecule has 4 rings (SSSR count). The molecule has 0 aliphatic carbocycles. The highest BCUT2D eigenvalue weighted by atomic mass is 16.5. The molecule has 2 heterocycles. The minimum atomic E-state index is -0.452. The zero-order valence-electron chi connectivity index (χ0n) is 12.3. The van der Waals surface area contributed by atoms with Crippen molar-refractivity contribution in [3.63, 3.8) is 0 Å². The van der Waals surface area contributed by atoms with Crippen LogP contribution in [0.4, 0.5) is 0 Å². The number of aromatic hydroxyl groups is 1. The van der Waals surface area contributed by atoms with E-state index in [1.807, 2.05) is 38.1 Å². The van der Waals surface area contributed by atoms with Crippen LogP contribution in [0.1, 0.15) is 29.8 Å². The smallest absolute Gasteiger partial charge is 0.153 e. The van der Waals surface area contributed by atoms with Gasteiger partial charge < -0.3 is 14.8 Å². The van der Waals surface area contributed by atoms with Crippen molar-refractivity contribution in [3.8, 4) is 11.5 Å². The highest BCUT2D eigenvalue weighted by molar-refractivity contribution is 6.14. The molecule has 0 bridgehead atoms. The lowest BCUT2D eigenvalue weighted by molar-refractivity contribution is 0.110. The van der Waals surface area contributed by atoms with Crippen molar-refractivity contribution in [2.75, 3.05) is 0 Å². The Labute approximate surface area is 127 Å². The first-order chi connectivity index (χ1) is 10.5. The number of phenolic OH excluding ortho intramolecular Hbond substituents is 1. The van der Waals surface area contributed by atoms with Gasteiger partial charge >= 0.3 is 0 Å². The van der Waals surface area contributed by atoms with Crippen LogP contribution in [-0.4, -0.2) is 22.0 Å². The maximum absolute atomic E-state index is 11.5. The van der Waals surface area contributed by atoms with Crippen molar-refractivity contribution in [2.24, 2.45) is 0 Å². The molecule has 3 aromatic rings. The molecule has 2 N–H and O–H groups in total. The summed E-state index contributed by atoms with van der Waals surface area (Å²) in [6.07, 6.45) is 4.75. The van der Waals surface area contributed by atoms with Gasteiger partial charge in [0, 0.05) is 16.3 Å². The normalized spacial score (nSPS) is 15.7. The summed E-state index contributed by atoms with van der Waals surface area (Å²) in [4.78, 5) is 14.8. The van der Waals surface area contributed by atoms with Gasteiger partial charge in [0.1, 0.15) is 17.1 Å². The van der Waals surface area contributed by atoms with E-state index >= 15 is 0 Å². The molecule has 4 nitrogen and oxygen atoms in total. The fourth-order valence-electron chi connectivity index (χ4n) is 3.02. The summed E-state index contributed by atoms with van der Waals surface area (Å²) in [7, 11) is 0. The van der Waals surface area contributed by atoms with Gasteiger partial charge in [-0.15, -0.1) is 0 Å². The first-order valence-corrected chi connectivity index (χ1v) is 7.14. The van der Waals surface area contributed by atoms with Crippen molar-refractivity contribution >= 4 is 34.2 Å². The molecule has 22 heavy (non-hydrogen) atoms. The van der Waals surface area contributed by atoms with Crippen molar-refractivity contribution in [1.82, 2.24) is 4.98 Å². The number of aromatic nitrogens is 1. The fraction of sp³-hybridized carbons (Fsp3) is 0.167. The minimum absolute atomic E-state index is 0.191. The van der Waals surface area contributed by atoms with E-state index in [0.29, 0.717) is 16.8 Å². The van der Waals surface area contributed by atoms with Crippen LogP contribution in [-0.2, 0) is 0 Å². The van der Waals surface area contributed by atoms with Crippen molar-refractivity contribution in [2.45, 2.75) is 19.4 Å². The maximum atomic E-state index is 11.5. The predicted octanol–water partition coefficient (Wildman–Crippen LogP) is 4.02. The first-order valence-electron chi connectivity index (χ1n) is 7.14. The number of rotatable bonds is 1. The molecular weight excluding hydrogens is 278 g/mol. The quantitative estimate of drug-likeness (QED) is 0.666. The molecule has 4 heteroatoms. The number of fused-ring (bicyclic) bond motifs is 5. The molecule has 0 fully saturated rings. The van der Waals surface area contributed by atoms with Crippen LogP contribution in [0.15, 0.2) is 30.3 Å². The van der Waals surface area contributed by atoms with Gasteiger partial charge in [0.25, 0.3) is 0 Å². The molecule has 0 radical (unpaired) electrons. The van der Waals surface area contributed by atoms with Gasteiger partial charge in [-0.05, 0) is 38.1 Å². The average Bonchev–Trinajstić information content (AvgIpc) is 2.85. The Hall–Kier alpha value is -2.75. The average molecular weight is 293 g/mol. The SMILES string of the molecule is CC1(C)C=Cc2c(c(C=O)cc3c2[nH]c2c(O)cccc23)O1. The van der Waals surface area contributed by atoms with Crippen LogP contribution < -0.4 is 4.74 Å². The summed E-state index contributed by atoms with van der Waals surface area (Å²) < 4.78 is 5.98. The number of ether oxygens (including phenoxy) is 1. The summed E-state index contributed by atoms with van der Waals surface area (Å²) in [5, 5.41) is 11.8. The number of H-pyrrole nitrogens is 1. The number of benzene rings is 2. The molecule has 0 amide bonds. The minimum Gasteiger partial charge on any atom is -0.506 e. The van der Waals surface area contributed by atoms with E-state index in [1.165, 1.54) is 0 Å². The van der Waals surface area contributed by atoms with E-state index in [9.17, 15) is 9.90 Å². The molecule has 1 aromatic heterocycles. The van der Waals surface area contributed by atoms with Crippen LogP contribution in [0.5, 0.6) is 11.5 Å². The summed E-state index contributed by atoms with van der Waals surface area (Å²) in [6.45, 7) is 3.89. The van der Waals surface area contributed by atoms with Crippen LogP contribution in [0.2, 0.25) is 0 Å². The van der Waals surface area contributed by atoms with Gasteiger partial charge in [-0.1, -0.05) is 12.1 Å². The van der Waals surface area contributed by atoms with Gasteiger partial charge in [0.15, 0.2) is 6.29 Å². The van der Waals surface area contributed by atoms with Crippen LogP contribution in [0.3, 0.4) is 0 Å². The Morgan fingerprint density at radius 1 is 1.23 bits per heavy atom. The van der Waals surface area contributed by atoms with Crippen LogP contribution in [0.25, 0.3) is 27.9 Å². The van der Waals surface area contributed by atoms with Crippen molar-refractivity contribution in [3.05, 3.63) is 41.5 Å². The summed E-state index contributed by atoms with van der Waals surface area (Å²) in [5.41, 5.74) is 2.44. The molecule has 2 aromatic carbocycles. The lowest BCUT2D eigenvalue weighted by Gasteiger charge is -2.29. The lowest BCUT2D eigenvalue weighted by Crippen LogP contribution is -2.28. The zero-order valence-corrected chi connectivity index (χ0v) is 12.3. The number of aldehydes is 1. The standard InChI is InChI=1S/C18H15NO3/c1-18(2)7-6-12-15-13(8-10(9-20)17(12)22-18)11-4-3-5-14(21)16(11)19-15/h3-9,19,21H,1-2H3. The van der Waals surface area contributed by atoms with Crippen molar-refractivity contribution in [1.29, 1.82) is 0 Å². The highest BCUT2D eigenvalue weighted by Gasteiger charge is 2.26. The van der Waals surface area contributed by atoms with E-state index < -0.39 is 5.60 Å². The molecule has 0 saturated carbocycles. The van der Waals surface area contributed by atoms with E-state index in [0.717, 1.165) is 28.1 Å². The molecule has 0 saturated heterocycles. The Bertz CT molecular complexity index is 964. The molecule has 0 spiro atoms. The van der Waals surface area contributed by atoms with Crippen molar-refractivity contribution < 1.29 is 14.6 Å². The van der Waals surface area contributed by atoms with Gasteiger partial charge in [-0.2, -0.15) is 0 Å². The molecule has 1 aliphatic rings. The monoisotopic (exact) mass is 293 g/mol. The number of para-hydroxylation sites is 1. The number of carbonyl (C=O) groups excluding carboxylic acids is 1. The molecule has 110 valence electrons. The largest absolute Gasteiger partial charge is 0.506 e. The van der Waals surface area contributed by atoms with Gasteiger partial charge in [-0.25, -0.2) is 0 Å². The third-order valence-electron chi connectivity index (χ3n) is 4.07. The summed E-state index contributed by atoms with van der Waals surface area (Å²) in [6, 6.07) is 7.17. The summed E-state index contributed by atoms with van der Waals surface area (Å²) in [5.74, 6) is 0.775. The Morgan fingerprint density at radius 2 is 2.05 bits per heavy atom. The second-order valence-corrected chi connectivity index (χ2v) is 6.11. The maximum Gasteiger partial charge on any atom is 0.153 e. The predicted molar refractivity (Wildman–Crippen MR) is 86.6 cm³/mol. The number of carbonyl (C=O) groups is 1. The van der Waals surface area contributed by atoms with Crippen LogP contribution in [0, 0.1) is 0 Å². The summed E-state index contributed by atoms with van der Waals surface area (Å²) >= 11 is 0. The molecule has 0 unspecified atom stereocenters. The van der Waals surface area contributed by atoms with E-state index in [-0.39, 0.29) is 5.75 Å². The molecule has 1 aliphatic heterocycles. The number of hydrogen-bond donors (Lipinski definition) is 2. The Morgan fingerprint density at radius 3 is 2.82 bits per heavy atom. The fourth-order valence-corrected chi connectivity index (χ4v) is 3.02. The molecular formula is C18H15NO3. The second-order valence-electron chi connectivity index (χ2n) is 6.11. The first kappa shape index (κ1) is 13.0. The highest BCUT2D eigenvalue weighted by Crippen LogP contribution is 2.41. The third kappa shape index (κ3) is 1.67. The number of aromatic amines is 1. The van der Waals surface area contributed by atoms with Gasteiger partial charge in [0.2, 0.25) is 0 Å². The van der Waals surface area contributed by atoms with Gasteiger partial charge in [0.05, 0.1) is 16.6 Å². The lowest BCUT2D eigenvalue weighted by atomic mass is 9.97. The van der Waals surface area contributed by atoms with Gasteiger partial charge in [-0.3, -0.25) is 4.79 Å². The molecule has 0 atom stereocenters. The van der Waals surface area contributed by atoms with E-state index in [1.54, 1.807) is 12.1 Å². The topological polar surface area (TPSA) is 62.3 Å². The van der Waals surface area contributed by atoms with E-state index in [4.69, 9.17) is 4.74 Å². The Balaban J connectivity index is 2.17. The van der Waals surface area contributed by atoms with Crippen LogP contribution >= 0.6 is 0 Å². The number of hydrogen-bond acceptors (Lipinski definition) is 3. The van der Waals surface area contributed by atoms with E-state index in [2.05, 4.69) is 4.98 Å². The number of phenols is 1.